The molecule has 0 bridgehead atoms. The van der Waals surface area contributed by atoms with E-state index in [4.69, 9.17) is 5.73 Å². The Morgan fingerprint density at radius 2 is 2.23 bits per heavy atom. The van der Waals surface area contributed by atoms with E-state index in [2.05, 4.69) is 31.0 Å². The Morgan fingerprint density at radius 3 is 2.91 bits per heavy atom. The van der Waals surface area contributed by atoms with Gasteiger partial charge in [0.1, 0.15) is 0 Å². The first-order valence-corrected chi connectivity index (χ1v) is 8.52. The molecular weight excluding hydrogens is 294 g/mol. The minimum absolute atomic E-state index is 0.0305. The molecule has 2 N–H and O–H groups in total. The third-order valence-electron chi connectivity index (χ3n) is 3.79. The van der Waals surface area contributed by atoms with Gasteiger partial charge in [0.15, 0.2) is 0 Å². The molecule has 4 nitrogen and oxygen atoms in total. The number of amides is 1. The lowest BCUT2D eigenvalue weighted by Crippen LogP contribution is -2.31. The number of pyridine rings is 1. The van der Waals surface area contributed by atoms with E-state index in [1.54, 1.807) is 6.20 Å². The number of aromatic nitrogens is 1. The minimum atomic E-state index is 0.0305. The van der Waals surface area contributed by atoms with Gasteiger partial charge in [0, 0.05) is 40.9 Å². The Kier molecular flexibility index (Phi) is 4.36. The van der Waals surface area contributed by atoms with Gasteiger partial charge in [-0.05, 0) is 24.6 Å². The fourth-order valence-corrected chi connectivity index (χ4v) is 3.59. The molecular formula is C17H21N3OS. The van der Waals surface area contributed by atoms with Gasteiger partial charge in [-0.25, -0.2) is 0 Å². The summed E-state index contributed by atoms with van der Waals surface area (Å²) in [6.45, 7) is 5.72. The van der Waals surface area contributed by atoms with Gasteiger partial charge in [-0.3, -0.25) is 9.78 Å². The van der Waals surface area contributed by atoms with Crippen molar-refractivity contribution in [3.8, 4) is 0 Å². The maximum atomic E-state index is 12.5. The molecule has 1 saturated heterocycles. The number of hydrogen-bond donors (Lipinski definition) is 1. The molecule has 1 amide bonds. The number of rotatable bonds is 3. The molecule has 0 aliphatic carbocycles. The summed E-state index contributed by atoms with van der Waals surface area (Å²) in [4.78, 5) is 20.0. The van der Waals surface area contributed by atoms with Gasteiger partial charge in [0.2, 0.25) is 0 Å². The predicted octanol–water partition coefficient (Wildman–Crippen LogP) is 2.91. The summed E-state index contributed by atoms with van der Waals surface area (Å²) < 4.78 is 0. The molecule has 2 aromatic rings. The van der Waals surface area contributed by atoms with E-state index in [0.29, 0.717) is 17.4 Å². The number of thioether (sulfide) groups is 1. The monoisotopic (exact) mass is 315 g/mol. The highest BCUT2D eigenvalue weighted by atomic mass is 32.2. The SMILES string of the molecule is CC(C)Sc1ccc2cc(C(=O)N3CC[C@@H](N)C3)cnc2c1. The average molecular weight is 315 g/mol. The van der Waals surface area contributed by atoms with Crippen LogP contribution in [-0.4, -0.2) is 40.2 Å². The smallest absolute Gasteiger partial charge is 0.255 e. The van der Waals surface area contributed by atoms with Gasteiger partial charge < -0.3 is 10.6 Å². The molecule has 1 aliphatic heterocycles. The molecule has 0 saturated carbocycles. The van der Waals surface area contributed by atoms with Crippen molar-refractivity contribution in [3.05, 3.63) is 36.0 Å². The maximum Gasteiger partial charge on any atom is 0.255 e. The first-order valence-electron chi connectivity index (χ1n) is 7.64. The van der Waals surface area contributed by atoms with Crippen LogP contribution in [-0.2, 0) is 0 Å². The summed E-state index contributed by atoms with van der Waals surface area (Å²) >= 11 is 1.82. The quantitative estimate of drug-likeness (QED) is 0.885. The Morgan fingerprint density at radius 1 is 1.41 bits per heavy atom. The normalized spacial score (nSPS) is 18.4. The fourth-order valence-electron chi connectivity index (χ4n) is 2.72. The van der Waals surface area contributed by atoms with Gasteiger partial charge in [-0.1, -0.05) is 19.9 Å². The summed E-state index contributed by atoms with van der Waals surface area (Å²) in [6, 6.07) is 8.25. The second kappa shape index (κ2) is 6.26. The number of nitrogens with two attached hydrogens (primary N) is 1. The Bertz CT molecular complexity index is 701. The minimum Gasteiger partial charge on any atom is -0.337 e. The molecule has 1 atom stereocenters. The van der Waals surface area contributed by atoms with Crippen LogP contribution in [0.3, 0.4) is 0 Å². The zero-order chi connectivity index (χ0) is 15.7. The molecule has 3 rings (SSSR count). The lowest BCUT2D eigenvalue weighted by Gasteiger charge is -2.15. The van der Waals surface area contributed by atoms with Crippen LogP contribution >= 0.6 is 11.8 Å². The van der Waals surface area contributed by atoms with Crippen LogP contribution in [0.15, 0.2) is 35.4 Å². The summed E-state index contributed by atoms with van der Waals surface area (Å²) in [5.74, 6) is 0.0305. The van der Waals surface area contributed by atoms with Crippen LogP contribution in [0, 0.1) is 0 Å². The third kappa shape index (κ3) is 3.25. The summed E-state index contributed by atoms with van der Waals surface area (Å²) in [5.41, 5.74) is 7.45. The zero-order valence-electron chi connectivity index (χ0n) is 13.0. The van der Waals surface area contributed by atoms with Crippen LogP contribution < -0.4 is 5.73 Å². The van der Waals surface area contributed by atoms with Gasteiger partial charge in [0.05, 0.1) is 11.1 Å². The van der Waals surface area contributed by atoms with Crippen molar-refractivity contribution in [2.75, 3.05) is 13.1 Å². The molecule has 0 spiro atoms. The average Bonchev–Trinajstić information content (AvgIpc) is 2.92. The lowest BCUT2D eigenvalue weighted by molar-refractivity contribution is 0.0790. The molecule has 5 heteroatoms. The number of fused-ring (bicyclic) bond motifs is 1. The Balaban J connectivity index is 1.85. The lowest BCUT2D eigenvalue weighted by atomic mass is 10.1. The predicted molar refractivity (Wildman–Crippen MR) is 91.2 cm³/mol. The second-order valence-corrected chi connectivity index (χ2v) is 7.69. The van der Waals surface area contributed by atoms with E-state index in [1.165, 1.54) is 4.90 Å². The highest BCUT2D eigenvalue weighted by Crippen LogP contribution is 2.26. The molecule has 2 heterocycles. The van der Waals surface area contributed by atoms with Crippen molar-refractivity contribution in [3.63, 3.8) is 0 Å². The van der Waals surface area contributed by atoms with Crippen molar-refractivity contribution >= 4 is 28.6 Å². The van der Waals surface area contributed by atoms with E-state index in [9.17, 15) is 4.79 Å². The number of nitrogens with zero attached hydrogens (tertiary/aromatic N) is 2. The van der Waals surface area contributed by atoms with Crippen LogP contribution in [0.5, 0.6) is 0 Å². The van der Waals surface area contributed by atoms with Gasteiger partial charge in [-0.2, -0.15) is 0 Å². The number of carbonyl (C=O) groups excluding carboxylic acids is 1. The molecule has 0 radical (unpaired) electrons. The highest BCUT2D eigenvalue weighted by Gasteiger charge is 2.24. The Hall–Kier alpha value is -1.59. The highest BCUT2D eigenvalue weighted by molar-refractivity contribution is 7.99. The van der Waals surface area contributed by atoms with E-state index < -0.39 is 0 Å². The van der Waals surface area contributed by atoms with Crippen molar-refractivity contribution in [1.29, 1.82) is 0 Å². The van der Waals surface area contributed by atoms with Crippen molar-refractivity contribution in [2.24, 2.45) is 5.73 Å². The maximum absolute atomic E-state index is 12.5. The third-order valence-corrected chi connectivity index (χ3v) is 4.78. The standard InChI is InChI=1S/C17H21N3OS/c1-11(2)22-15-4-3-12-7-13(9-19-16(12)8-15)17(21)20-6-5-14(18)10-20/h3-4,7-9,11,14H,5-6,10,18H2,1-2H3/t14-/m1/s1. The van der Waals surface area contributed by atoms with E-state index in [0.717, 1.165) is 23.9 Å². The largest absolute Gasteiger partial charge is 0.337 e. The van der Waals surface area contributed by atoms with Crippen LogP contribution in [0.4, 0.5) is 0 Å². The van der Waals surface area contributed by atoms with Crippen molar-refractivity contribution in [2.45, 2.75) is 36.5 Å². The second-order valence-electron chi connectivity index (χ2n) is 6.05. The molecule has 1 fully saturated rings. The number of benzene rings is 1. The van der Waals surface area contributed by atoms with Gasteiger partial charge in [0.25, 0.3) is 5.91 Å². The Labute approximate surface area is 135 Å². The van der Waals surface area contributed by atoms with Crippen LogP contribution in [0.25, 0.3) is 10.9 Å². The molecule has 22 heavy (non-hydrogen) atoms. The summed E-state index contributed by atoms with van der Waals surface area (Å²) in [5, 5.41) is 1.54. The number of hydrogen-bond acceptors (Lipinski definition) is 4. The van der Waals surface area contributed by atoms with E-state index in [1.807, 2.05) is 28.8 Å². The summed E-state index contributed by atoms with van der Waals surface area (Å²) in [7, 11) is 0. The van der Waals surface area contributed by atoms with Gasteiger partial charge in [-0.15, -0.1) is 11.8 Å². The first-order chi connectivity index (χ1) is 10.5. The topological polar surface area (TPSA) is 59.2 Å². The molecule has 0 unspecified atom stereocenters. The zero-order valence-corrected chi connectivity index (χ0v) is 13.8. The number of carbonyl (C=O) groups is 1. The molecule has 1 aromatic carbocycles. The van der Waals surface area contributed by atoms with E-state index >= 15 is 0 Å². The van der Waals surface area contributed by atoms with Crippen LogP contribution in [0.1, 0.15) is 30.6 Å². The summed E-state index contributed by atoms with van der Waals surface area (Å²) in [6.07, 6.45) is 2.56. The van der Waals surface area contributed by atoms with Crippen LogP contribution in [0.2, 0.25) is 0 Å². The van der Waals surface area contributed by atoms with Crippen molar-refractivity contribution in [1.82, 2.24) is 9.88 Å². The van der Waals surface area contributed by atoms with Crippen molar-refractivity contribution < 1.29 is 4.79 Å². The first kappa shape index (κ1) is 15.3. The molecule has 116 valence electrons. The van der Waals surface area contributed by atoms with Gasteiger partial charge >= 0.3 is 0 Å². The molecule has 1 aromatic heterocycles. The molecule has 1 aliphatic rings. The fraction of sp³-hybridized carbons (Fsp3) is 0.412. The number of likely N-dealkylation sites (tertiary alicyclic amines) is 1. The van der Waals surface area contributed by atoms with E-state index in [-0.39, 0.29) is 11.9 Å².